The standard InChI is InChI=1S/C8H14N2O/c1-9-3-2-7-4-10(6-11)5-8(7)9/h6-8H,2-5H2,1H3. The van der Waals surface area contributed by atoms with Gasteiger partial charge in [-0.05, 0) is 25.9 Å². The lowest BCUT2D eigenvalue weighted by atomic mass is 10.1. The van der Waals surface area contributed by atoms with E-state index in [1.807, 2.05) is 4.90 Å². The Labute approximate surface area is 67.0 Å². The first-order valence-electron chi connectivity index (χ1n) is 4.21. The average molecular weight is 154 g/mol. The molecular formula is C8H14N2O. The van der Waals surface area contributed by atoms with Gasteiger partial charge in [-0.25, -0.2) is 0 Å². The molecule has 2 atom stereocenters. The van der Waals surface area contributed by atoms with E-state index in [0.717, 1.165) is 25.4 Å². The predicted octanol–water partition coefficient (Wildman–Crippen LogP) is -0.221. The number of rotatable bonds is 1. The Morgan fingerprint density at radius 3 is 2.91 bits per heavy atom. The lowest BCUT2D eigenvalue weighted by Crippen LogP contribution is -2.31. The van der Waals surface area contributed by atoms with Crippen molar-refractivity contribution in [3.63, 3.8) is 0 Å². The SMILES string of the molecule is CN1CCC2CN(C=O)CC21. The van der Waals surface area contributed by atoms with Crippen LogP contribution in [0.2, 0.25) is 0 Å². The molecule has 2 unspecified atom stereocenters. The van der Waals surface area contributed by atoms with E-state index in [0.29, 0.717) is 6.04 Å². The summed E-state index contributed by atoms with van der Waals surface area (Å²) in [6.07, 6.45) is 2.25. The normalized spacial score (nSPS) is 37.7. The van der Waals surface area contributed by atoms with Crippen molar-refractivity contribution < 1.29 is 4.79 Å². The second-order valence-corrected chi connectivity index (χ2v) is 3.66. The molecule has 1 amide bonds. The summed E-state index contributed by atoms with van der Waals surface area (Å²) in [6, 6.07) is 0.653. The molecule has 62 valence electrons. The van der Waals surface area contributed by atoms with Gasteiger partial charge in [0.2, 0.25) is 6.41 Å². The topological polar surface area (TPSA) is 23.6 Å². The molecule has 0 spiro atoms. The van der Waals surface area contributed by atoms with Crippen molar-refractivity contribution in [1.29, 1.82) is 0 Å². The minimum Gasteiger partial charge on any atom is -0.343 e. The number of hydrogen-bond acceptors (Lipinski definition) is 2. The number of likely N-dealkylation sites (N-methyl/N-ethyl adjacent to an activating group) is 1. The van der Waals surface area contributed by atoms with Crippen molar-refractivity contribution in [2.45, 2.75) is 12.5 Å². The van der Waals surface area contributed by atoms with Crippen LogP contribution in [0.3, 0.4) is 0 Å². The highest BCUT2D eigenvalue weighted by molar-refractivity contribution is 5.48. The zero-order chi connectivity index (χ0) is 7.84. The number of nitrogens with zero attached hydrogens (tertiary/aromatic N) is 2. The maximum atomic E-state index is 10.5. The first kappa shape index (κ1) is 7.10. The summed E-state index contributed by atoms with van der Waals surface area (Å²) >= 11 is 0. The minimum atomic E-state index is 0.653. The molecule has 0 aromatic heterocycles. The van der Waals surface area contributed by atoms with Gasteiger partial charge in [-0.3, -0.25) is 4.79 Å². The third-order valence-electron chi connectivity index (χ3n) is 3.00. The first-order chi connectivity index (χ1) is 5.31. The van der Waals surface area contributed by atoms with Crippen LogP contribution in [0.4, 0.5) is 0 Å². The van der Waals surface area contributed by atoms with E-state index in [2.05, 4.69) is 11.9 Å². The monoisotopic (exact) mass is 154 g/mol. The summed E-state index contributed by atoms with van der Waals surface area (Å²) in [5, 5.41) is 0. The molecule has 0 bridgehead atoms. The smallest absolute Gasteiger partial charge is 0.209 e. The van der Waals surface area contributed by atoms with E-state index in [-0.39, 0.29) is 0 Å². The van der Waals surface area contributed by atoms with Crippen molar-refractivity contribution in [3.8, 4) is 0 Å². The molecule has 0 N–H and O–H groups in total. The van der Waals surface area contributed by atoms with Crippen LogP contribution in [-0.2, 0) is 4.79 Å². The molecular weight excluding hydrogens is 140 g/mol. The van der Waals surface area contributed by atoms with Crippen molar-refractivity contribution in [2.24, 2.45) is 5.92 Å². The molecule has 2 fully saturated rings. The fourth-order valence-electron chi connectivity index (χ4n) is 2.29. The molecule has 2 aliphatic heterocycles. The number of likely N-dealkylation sites (tertiary alicyclic amines) is 2. The number of amides is 1. The van der Waals surface area contributed by atoms with Gasteiger partial charge in [0.05, 0.1) is 0 Å². The highest BCUT2D eigenvalue weighted by Crippen LogP contribution is 2.28. The maximum absolute atomic E-state index is 10.5. The summed E-state index contributed by atoms with van der Waals surface area (Å²) in [7, 11) is 2.15. The zero-order valence-electron chi connectivity index (χ0n) is 6.86. The molecule has 0 radical (unpaired) electrons. The number of carbonyl (C=O) groups is 1. The van der Waals surface area contributed by atoms with E-state index in [1.54, 1.807) is 0 Å². The van der Waals surface area contributed by atoms with Gasteiger partial charge >= 0.3 is 0 Å². The zero-order valence-corrected chi connectivity index (χ0v) is 6.86. The van der Waals surface area contributed by atoms with Gasteiger partial charge < -0.3 is 9.80 Å². The third kappa shape index (κ3) is 1.03. The van der Waals surface area contributed by atoms with Crippen molar-refractivity contribution in [1.82, 2.24) is 9.80 Å². The number of hydrogen-bond donors (Lipinski definition) is 0. The second kappa shape index (κ2) is 2.48. The Morgan fingerprint density at radius 2 is 2.27 bits per heavy atom. The van der Waals surface area contributed by atoms with E-state index < -0.39 is 0 Å². The number of carbonyl (C=O) groups excluding carboxylic acids is 1. The molecule has 2 rings (SSSR count). The minimum absolute atomic E-state index is 0.653. The lowest BCUT2D eigenvalue weighted by Gasteiger charge is -2.17. The first-order valence-corrected chi connectivity index (χ1v) is 4.21. The van der Waals surface area contributed by atoms with Gasteiger partial charge in [0.1, 0.15) is 0 Å². The summed E-state index contributed by atoms with van der Waals surface area (Å²) in [5.41, 5.74) is 0. The summed E-state index contributed by atoms with van der Waals surface area (Å²) < 4.78 is 0. The third-order valence-corrected chi connectivity index (χ3v) is 3.00. The Morgan fingerprint density at radius 1 is 1.45 bits per heavy atom. The van der Waals surface area contributed by atoms with Crippen LogP contribution in [0.15, 0.2) is 0 Å². The molecule has 0 aliphatic carbocycles. The van der Waals surface area contributed by atoms with Crippen LogP contribution in [0.25, 0.3) is 0 Å². The second-order valence-electron chi connectivity index (χ2n) is 3.66. The number of fused-ring (bicyclic) bond motifs is 1. The predicted molar refractivity (Wildman–Crippen MR) is 42.2 cm³/mol. The largest absolute Gasteiger partial charge is 0.343 e. The van der Waals surface area contributed by atoms with Crippen LogP contribution in [0.1, 0.15) is 6.42 Å². The summed E-state index contributed by atoms with van der Waals surface area (Å²) in [4.78, 5) is 14.7. The summed E-state index contributed by atoms with van der Waals surface area (Å²) in [6.45, 7) is 3.14. The molecule has 2 aliphatic rings. The Bertz CT molecular complexity index is 171. The van der Waals surface area contributed by atoms with Gasteiger partial charge in [-0.1, -0.05) is 0 Å². The van der Waals surface area contributed by atoms with Gasteiger partial charge in [-0.15, -0.1) is 0 Å². The fraction of sp³-hybridized carbons (Fsp3) is 0.875. The van der Waals surface area contributed by atoms with Crippen LogP contribution < -0.4 is 0 Å². The van der Waals surface area contributed by atoms with Crippen LogP contribution in [-0.4, -0.2) is 48.9 Å². The highest BCUT2D eigenvalue weighted by atomic mass is 16.1. The Hall–Kier alpha value is -0.570. The highest BCUT2D eigenvalue weighted by Gasteiger charge is 2.38. The molecule has 3 heteroatoms. The lowest BCUT2D eigenvalue weighted by molar-refractivity contribution is -0.117. The molecule has 0 aromatic carbocycles. The van der Waals surface area contributed by atoms with E-state index in [1.165, 1.54) is 13.0 Å². The molecule has 2 saturated heterocycles. The molecule has 0 aromatic rings. The Kier molecular flexibility index (Phi) is 1.60. The van der Waals surface area contributed by atoms with Gasteiger partial charge in [0, 0.05) is 19.1 Å². The Balaban J connectivity index is 2.03. The van der Waals surface area contributed by atoms with Crippen LogP contribution in [0.5, 0.6) is 0 Å². The average Bonchev–Trinajstić information content (AvgIpc) is 2.53. The molecule has 2 heterocycles. The van der Waals surface area contributed by atoms with E-state index in [9.17, 15) is 4.79 Å². The van der Waals surface area contributed by atoms with Gasteiger partial charge in [-0.2, -0.15) is 0 Å². The van der Waals surface area contributed by atoms with Gasteiger partial charge in [0.25, 0.3) is 0 Å². The van der Waals surface area contributed by atoms with Gasteiger partial charge in [0.15, 0.2) is 0 Å². The maximum Gasteiger partial charge on any atom is 0.209 e. The molecule has 0 saturated carbocycles. The van der Waals surface area contributed by atoms with Crippen LogP contribution in [0, 0.1) is 5.92 Å². The van der Waals surface area contributed by atoms with Crippen molar-refractivity contribution >= 4 is 6.41 Å². The molecule has 3 nitrogen and oxygen atoms in total. The quantitative estimate of drug-likeness (QED) is 0.487. The van der Waals surface area contributed by atoms with E-state index >= 15 is 0 Å². The summed E-state index contributed by atoms with van der Waals surface area (Å²) in [5.74, 6) is 0.755. The van der Waals surface area contributed by atoms with Crippen molar-refractivity contribution in [3.05, 3.63) is 0 Å². The molecule has 11 heavy (non-hydrogen) atoms. The van der Waals surface area contributed by atoms with Crippen molar-refractivity contribution in [2.75, 3.05) is 26.7 Å². The van der Waals surface area contributed by atoms with Crippen LogP contribution >= 0.6 is 0 Å². The van der Waals surface area contributed by atoms with E-state index in [4.69, 9.17) is 0 Å². The fourth-order valence-corrected chi connectivity index (χ4v) is 2.29.